The summed E-state index contributed by atoms with van der Waals surface area (Å²) in [6.07, 6.45) is 6.74. The topological polar surface area (TPSA) is 65.8 Å². The molecule has 4 rings (SSSR count). The molecule has 1 unspecified atom stereocenters. The SMILES string of the molecule is CSc1ccc(Nc2ncnc(N3CCCC(C4=NC(C(C)C)=NC4)CC3)c2C)c(F)c1. The highest BCUT2D eigenvalue weighted by Crippen LogP contribution is 2.30. The van der Waals surface area contributed by atoms with Gasteiger partial charge in [-0.1, -0.05) is 13.8 Å². The van der Waals surface area contributed by atoms with Crippen molar-refractivity contribution in [2.45, 2.75) is 44.9 Å². The number of nitrogens with zero attached hydrogens (tertiary/aromatic N) is 5. The molecule has 0 spiro atoms. The third-order valence-electron chi connectivity index (χ3n) is 6.16. The van der Waals surface area contributed by atoms with Gasteiger partial charge in [-0.3, -0.25) is 4.99 Å². The first-order chi connectivity index (χ1) is 15.5. The lowest BCUT2D eigenvalue weighted by molar-refractivity contribution is 0.608. The van der Waals surface area contributed by atoms with Crippen molar-refractivity contribution in [3.63, 3.8) is 0 Å². The van der Waals surface area contributed by atoms with Gasteiger partial charge in [0.25, 0.3) is 0 Å². The first kappa shape index (κ1) is 22.7. The zero-order valence-electron chi connectivity index (χ0n) is 19.2. The van der Waals surface area contributed by atoms with Gasteiger partial charge < -0.3 is 10.2 Å². The Labute approximate surface area is 193 Å². The van der Waals surface area contributed by atoms with E-state index in [-0.39, 0.29) is 5.82 Å². The third-order valence-corrected chi connectivity index (χ3v) is 6.89. The minimum atomic E-state index is -0.283. The standard InChI is InChI=1S/C24H31FN6S/c1-15(2)22-26-13-21(30-22)17-6-5-10-31(11-9-17)24-16(3)23(27-14-28-24)29-20-8-7-18(32-4)12-19(20)25/h7-8,12,14-15,17H,5-6,9-11,13H2,1-4H3,(H,27,28,29). The Morgan fingerprint density at radius 2 is 2.03 bits per heavy atom. The average Bonchev–Trinajstić information content (AvgIpc) is 3.16. The molecule has 2 aliphatic heterocycles. The van der Waals surface area contributed by atoms with E-state index in [4.69, 9.17) is 4.99 Å². The number of aromatic nitrogens is 2. The van der Waals surface area contributed by atoms with Crippen LogP contribution in [0.1, 0.15) is 38.7 Å². The molecule has 1 saturated heterocycles. The summed E-state index contributed by atoms with van der Waals surface area (Å²) in [5.74, 6) is 3.11. The van der Waals surface area contributed by atoms with Crippen molar-refractivity contribution < 1.29 is 4.39 Å². The van der Waals surface area contributed by atoms with Crippen LogP contribution in [0.2, 0.25) is 0 Å². The monoisotopic (exact) mass is 454 g/mol. The minimum Gasteiger partial charge on any atom is -0.356 e. The van der Waals surface area contributed by atoms with Crippen LogP contribution in [0.5, 0.6) is 0 Å². The van der Waals surface area contributed by atoms with E-state index in [1.54, 1.807) is 18.5 Å². The van der Waals surface area contributed by atoms with Crippen molar-refractivity contribution in [1.82, 2.24) is 9.97 Å². The summed E-state index contributed by atoms with van der Waals surface area (Å²) >= 11 is 1.52. The average molecular weight is 455 g/mol. The number of anilines is 3. The summed E-state index contributed by atoms with van der Waals surface area (Å²) < 4.78 is 14.5. The molecule has 1 aromatic heterocycles. The van der Waals surface area contributed by atoms with Gasteiger partial charge in [-0.2, -0.15) is 0 Å². The molecule has 8 heteroatoms. The van der Waals surface area contributed by atoms with E-state index in [9.17, 15) is 4.39 Å². The van der Waals surface area contributed by atoms with Crippen molar-refractivity contribution in [3.8, 4) is 0 Å². The molecule has 1 atom stereocenters. The first-order valence-electron chi connectivity index (χ1n) is 11.2. The summed E-state index contributed by atoms with van der Waals surface area (Å²) in [5, 5.41) is 3.16. The Morgan fingerprint density at radius 3 is 2.75 bits per heavy atom. The van der Waals surface area contributed by atoms with Gasteiger partial charge in [-0.05, 0) is 50.6 Å². The van der Waals surface area contributed by atoms with Crippen LogP contribution in [0.25, 0.3) is 0 Å². The molecule has 6 nitrogen and oxygen atoms in total. The first-order valence-corrected chi connectivity index (χ1v) is 12.5. The van der Waals surface area contributed by atoms with Crippen molar-refractivity contribution in [2.24, 2.45) is 21.8 Å². The van der Waals surface area contributed by atoms with Gasteiger partial charge in [0.1, 0.15) is 29.6 Å². The smallest absolute Gasteiger partial charge is 0.147 e. The molecule has 1 aromatic carbocycles. The second kappa shape index (κ2) is 9.98. The van der Waals surface area contributed by atoms with Crippen LogP contribution in [0.15, 0.2) is 39.4 Å². The molecule has 32 heavy (non-hydrogen) atoms. The Hall–Kier alpha value is -2.48. The van der Waals surface area contributed by atoms with Gasteiger partial charge in [0.05, 0.1) is 12.2 Å². The van der Waals surface area contributed by atoms with E-state index in [2.05, 4.69) is 39.0 Å². The highest BCUT2D eigenvalue weighted by molar-refractivity contribution is 7.98. The Morgan fingerprint density at radius 1 is 1.19 bits per heavy atom. The molecule has 0 amide bonds. The second-order valence-corrected chi connectivity index (χ2v) is 9.57. The number of aliphatic imine (C=N–C) groups is 2. The van der Waals surface area contributed by atoms with E-state index in [1.807, 2.05) is 19.2 Å². The van der Waals surface area contributed by atoms with Crippen LogP contribution in [-0.2, 0) is 0 Å². The van der Waals surface area contributed by atoms with Gasteiger partial charge in [0.2, 0.25) is 0 Å². The molecule has 2 aromatic rings. The Balaban J connectivity index is 1.47. The van der Waals surface area contributed by atoms with Gasteiger partial charge in [-0.25, -0.2) is 19.4 Å². The second-order valence-electron chi connectivity index (χ2n) is 8.69. The highest BCUT2D eigenvalue weighted by atomic mass is 32.2. The van der Waals surface area contributed by atoms with E-state index in [1.165, 1.54) is 17.5 Å². The molecule has 1 fully saturated rings. The van der Waals surface area contributed by atoms with Crippen molar-refractivity contribution in [2.75, 3.05) is 36.1 Å². The molecule has 170 valence electrons. The van der Waals surface area contributed by atoms with E-state index in [0.29, 0.717) is 23.3 Å². The lowest BCUT2D eigenvalue weighted by Crippen LogP contribution is -2.27. The summed E-state index contributed by atoms with van der Waals surface area (Å²) in [6.45, 7) is 8.89. The van der Waals surface area contributed by atoms with E-state index >= 15 is 0 Å². The highest BCUT2D eigenvalue weighted by Gasteiger charge is 2.26. The third kappa shape index (κ3) is 4.95. The molecular formula is C24H31FN6S. The molecule has 0 radical (unpaired) electrons. The fourth-order valence-corrected chi connectivity index (χ4v) is 4.72. The number of hydrogen-bond donors (Lipinski definition) is 1. The number of rotatable bonds is 6. The van der Waals surface area contributed by atoms with Gasteiger partial charge >= 0.3 is 0 Å². The van der Waals surface area contributed by atoms with Gasteiger partial charge in [-0.15, -0.1) is 11.8 Å². The largest absolute Gasteiger partial charge is 0.356 e. The number of thioether (sulfide) groups is 1. The maximum atomic E-state index is 14.5. The number of benzene rings is 1. The van der Waals surface area contributed by atoms with Crippen molar-refractivity contribution >= 4 is 40.6 Å². The predicted molar refractivity (Wildman–Crippen MR) is 132 cm³/mol. The summed E-state index contributed by atoms with van der Waals surface area (Å²) in [5.41, 5.74) is 2.59. The fourth-order valence-electron chi connectivity index (χ4n) is 4.29. The maximum absolute atomic E-state index is 14.5. The zero-order valence-corrected chi connectivity index (χ0v) is 20.0. The maximum Gasteiger partial charge on any atom is 0.147 e. The van der Waals surface area contributed by atoms with E-state index in [0.717, 1.165) is 61.0 Å². The number of nitrogens with one attached hydrogen (secondary N) is 1. The lowest BCUT2D eigenvalue weighted by Gasteiger charge is -2.24. The molecule has 1 N–H and O–H groups in total. The van der Waals surface area contributed by atoms with E-state index < -0.39 is 0 Å². The molecular weight excluding hydrogens is 423 g/mol. The fraction of sp³-hybridized carbons (Fsp3) is 0.500. The van der Waals surface area contributed by atoms with Crippen molar-refractivity contribution in [1.29, 1.82) is 0 Å². The summed E-state index contributed by atoms with van der Waals surface area (Å²) in [7, 11) is 0. The van der Waals surface area contributed by atoms with Crippen LogP contribution in [0.3, 0.4) is 0 Å². The minimum absolute atomic E-state index is 0.283. The molecule has 3 heterocycles. The summed E-state index contributed by atoms with van der Waals surface area (Å²) in [4.78, 5) is 21.6. The lowest BCUT2D eigenvalue weighted by atomic mass is 9.95. The zero-order chi connectivity index (χ0) is 22.7. The van der Waals surface area contributed by atoms with Crippen LogP contribution in [0.4, 0.5) is 21.7 Å². The van der Waals surface area contributed by atoms with Crippen LogP contribution < -0.4 is 10.2 Å². The normalized spacial score (nSPS) is 19.1. The number of hydrogen-bond acceptors (Lipinski definition) is 7. The quantitative estimate of drug-likeness (QED) is 0.584. The van der Waals surface area contributed by atoms with Crippen LogP contribution >= 0.6 is 11.8 Å². The Bertz CT molecular complexity index is 1040. The van der Waals surface area contributed by atoms with Crippen LogP contribution in [0, 0.1) is 24.6 Å². The van der Waals surface area contributed by atoms with Crippen LogP contribution in [-0.4, -0.2) is 47.4 Å². The summed E-state index contributed by atoms with van der Waals surface area (Å²) in [6, 6.07) is 5.21. The number of halogens is 1. The molecule has 0 saturated carbocycles. The molecule has 2 aliphatic rings. The molecule has 0 aliphatic carbocycles. The van der Waals surface area contributed by atoms with Gasteiger partial charge in [0, 0.05) is 41.1 Å². The number of amidine groups is 1. The predicted octanol–water partition coefficient (Wildman–Crippen LogP) is 5.51. The van der Waals surface area contributed by atoms with Gasteiger partial charge in [0.15, 0.2) is 0 Å². The Kier molecular flexibility index (Phi) is 7.08. The molecule has 0 bridgehead atoms. The van der Waals surface area contributed by atoms with Crippen molar-refractivity contribution in [3.05, 3.63) is 35.9 Å².